The molecular formula is C13H19N3O. The summed E-state index contributed by atoms with van der Waals surface area (Å²) in [4.78, 5) is 18.3. The maximum absolute atomic E-state index is 12.2. The Hall–Kier alpha value is -1.42. The zero-order chi connectivity index (χ0) is 12.3. The van der Waals surface area contributed by atoms with Crippen LogP contribution in [0.4, 0.5) is 0 Å². The number of carbonyl (C=O) groups excluding carboxylic acids is 1. The van der Waals surface area contributed by atoms with Crippen molar-refractivity contribution in [2.24, 2.45) is 11.7 Å². The standard InChI is InChI=1S/C13H19N3O/c1-10-3-2-4-12(15-10)13(17)16-7-5-11(9-14)6-8-16/h2-4,11H,5-9,14H2,1H3. The van der Waals surface area contributed by atoms with E-state index in [1.807, 2.05) is 24.0 Å². The van der Waals surface area contributed by atoms with Gasteiger partial charge in [0.25, 0.3) is 5.91 Å². The summed E-state index contributed by atoms with van der Waals surface area (Å²) in [5.41, 5.74) is 7.07. The fourth-order valence-electron chi connectivity index (χ4n) is 2.20. The smallest absolute Gasteiger partial charge is 0.272 e. The molecule has 0 aromatic carbocycles. The Bertz CT molecular complexity index is 397. The van der Waals surface area contributed by atoms with Crippen molar-refractivity contribution in [2.45, 2.75) is 19.8 Å². The van der Waals surface area contributed by atoms with E-state index < -0.39 is 0 Å². The normalized spacial score (nSPS) is 17.2. The van der Waals surface area contributed by atoms with Gasteiger partial charge in [0.15, 0.2) is 0 Å². The molecule has 92 valence electrons. The van der Waals surface area contributed by atoms with E-state index in [2.05, 4.69) is 4.98 Å². The van der Waals surface area contributed by atoms with Crippen molar-refractivity contribution in [2.75, 3.05) is 19.6 Å². The highest BCUT2D eigenvalue weighted by molar-refractivity contribution is 5.92. The summed E-state index contributed by atoms with van der Waals surface area (Å²) in [7, 11) is 0. The zero-order valence-electron chi connectivity index (χ0n) is 10.2. The molecule has 17 heavy (non-hydrogen) atoms. The molecule has 2 heterocycles. The minimum absolute atomic E-state index is 0.0455. The number of rotatable bonds is 2. The highest BCUT2D eigenvalue weighted by Crippen LogP contribution is 2.17. The molecule has 1 aromatic heterocycles. The number of amides is 1. The molecule has 0 spiro atoms. The molecule has 1 fully saturated rings. The first-order valence-corrected chi connectivity index (χ1v) is 6.13. The lowest BCUT2D eigenvalue weighted by Crippen LogP contribution is -2.40. The Kier molecular flexibility index (Phi) is 3.74. The maximum atomic E-state index is 12.2. The summed E-state index contributed by atoms with van der Waals surface area (Å²) in [5.74, 6) is 0.619. The average Bonchev–Trinajstić information content (AvgIpc) is 2.38. The average molecular weight is 233 g/mol. The van der Waals surface area contributed by atoms with Gasteiger partial charge >= 0.3 is 0 Å². The van der Waals surface area contributed by atoms with Crippen LogP contribution in [0.15, 0.2) is 18.2 Å². The fraction of sp³-hybridized carbons (Fsp3) is 0.538. The monoisotopic (exact) mass is 233 g/mol. The third-order valence-corrected chi connectivity index (χ3v) is 3.34. The predicted molar refractivity (Wildman–Crippen MR) is 66.7 cm³/mol. The van der Waals surface area contributed by atoms with E-state index in [0.717, 1.165) is 38.2 Å². The Labute approximate surface area is 102 Å². The van der Waals surface area contributed by atoms with Gasteiger partial charge in [-0.2, -0.15) is 0 Å². The Morgan fingerprint density at radius 1 is 1.47 bits per heavy atom. The largest absolute Gasteiger partial charge is 0.337 e. The molecule has 1 aliphatic rings. The lowest BCUT2D eigenvalue weighted by Gasteiger charge is -2.31. The number of nitrogens with two attached hydrogens (primary N) is 1. The molecule has 0 bridgehead atoms. The second kappa shape index (κ2) is 5.27. The van der Waals surface area contributed by atoms with Crippen molar-refractivity contribution in [1.82, 2.24) is 9.88 Å². The molecular weight excluding hydrogens is 214 g/mol. The topological polar surface area (TPSA) is 59.2 Å². The molecule has 4 nitrogen and oxygen atoms in total. The van der Waals surface area contributed by atoms with Crippen LogP contribution < -0.4 is 5.73 Å². The van der Waals surface area contributed by atoms with Gasteiger partial charge in [-0.15, -0.1) is 0 Å². The number of carbonyl (C=O) groups is 1. The van der Waals surface area contributed by atoms with Gasteiger partial charge in [-0.05, 0) is 44.4 Å². The van der Waals surface area contributed by atoms with Gasteiger partial charge in [0.05, 0.1) is 0 Å². The summed E-state index contributed by atoms with van der Waals surface area (Å²) in [6.07, 6.45) is 2.02. The minimum Gasteiger partial charge on any atom is -0.337 e. The zero-order valence-corrected chi connectivity index (χ0v) is 10.2. The number of nitrogens with zero attached hydrogens (tertiary/aromatic N) is 2. The van der Waals surface area contributed by atoms with Gasteiger partial charge in [-0.1, -0.05) is 6.07 Å². The molecule has 2 rings (SSSR count). The summed E-state index contributed by atoms with van der Waals surface area (Å²) < 4.78 is 0. The van der Waals surface area contributed by atoms with Gasteiger partial charge in [-0.25, -0.2) is 4.98 Å². The third kappa shape index (κ3) is 2.82. The SMILES string of the molecule is Cc1cccc(C(=O)N2CCC(CN)CC2)n1. The summed E-state index contributed by atoms with van der Waals surface area (Å²) >= 11 is 0. The van der Waals surface area contributed by atoms with E-state index >= 15 is 0 Å². The second-order valence-corrected chi connectivity index (χ2v) is 4.64. The molecule has 1 aliphatic heterocycles. The lowest BCUT2D eigenvalue weighted by molar-refractivity contribution is 0.0687. The first kappa shape index (κ1) is 12.0. The van der Waals surface area contributed by atoms with Gasteiger partial charge in [-0.3, -0.25) is 4.79 Å². The number of piperidine rings is 1. The number of hydrogen-bond donors (Lipinski definition) is 1. The number of pyridine rings is 1. The molecule has 0 atom stereocenters. The molecule has 0 saturated carbocycles. The quantitative estimate of drug-likeness (QED) is 0.835. The van der Waals surface area contributed by atoms with Crippen LogP contribution in [0.1, 0.15) is 29.0 Å². The first-order valence-electron chi connectivity index (χ1n) is 6.13. The van der Waals surface area contributed by atoms with Gasteiger partial charge in [0, 0.05) is 18.8 Å². The van der Waals surface area contributed by atoms with Crippen LogP contribution in [0.5, 0.6) is 0 Å². The molecule has 1 amide bonds. The Morgan fingerprint density at radius 3 is 2.76 bits per heavy atom. The van der Waals surface area contributed by atoms with Crippen LogP contribution in [0, 0.1) is 12.8 Å². The van der Waals surface area contributed by atoms with Crippen molar-refractivity contribution >= 4 is 5.91 Å². The fourth-order valence-corrected chi connectivity index (χ4v) is 2.20. The second-order valence-electron chi connectivity index (χ2n) is 4.64. The van der Waals surface area contributed by atoms with Crippen LogP contribution in [0.2, 0.25) is 0 Å². The molecule has 4 heteroatoms. The summed E-state index contributed by atoms with van der Waals surface area (Å²) in [5, 5.41) is 0. The van der Waals surface area contributed by atoms with Gasteiger partial charge in [0.1, 0.15) is 5.69 Å². The lowest BCUT2D eigenvalue weighted by atomic mass is 9.97. The number of hydrogen-bond acceptors (Lipinski definition) is 3. The van der Waals surface area contributed by atoms with E-state index in [9.17, 15) is 4.79 Å². The van der Waals surface area contributed by atoms with Crippen molar-refractivity contribution < 1.29 is 4.79 Å². The Morgan fingerprint density at radius 2 is 2.18 bits per heavy atom. The van der Waals surface area contributed by atoms with E-state index in [-0.39, 0.29) is 5.91 Å². The van der Waals surface area contributed by atoms with Crippen molar-refractivity contribution in [3.05, 3.63) is 29.6 Å². The van der Waals surface area contributed by atoms with E-state index in [1.165, 1.54) is 0 Å². The van der Waals surface area contributed by atoms with Gasteiger partial charge < -0.3 is 10.6 Å². The van der Waals surface area contributed by atoms with Crippen molar-refractivity contribution in [1.29, 1.82) is 0 Å². The first-order chi connectivity index (χ1) is 8.20. The van der Waals surface area contributed by atoms with E-state index in [4.69, 9.17) is 5.73 Å². The number of likely N-dealkylation sites (tertiary alicyclic amines) is 1. The highest BCUT2D eigenvalue weighted by Gasteiger charge is 2.23. The van der Waals surface area contributed by atoms with E-state index in [1.54, 1.807) is 6.07 Å². The highest BCUT2D eigenvalue weighted by atomic mass is 16.2. The maximum Gasteiger partial charge on any atom is 0.272 e. The third-order valence-electron chi connectivity index (χ3n) is 3.34. The molecule has 1 saturated heterocycles. The molecule has 0 unspecified atom stereocenters. The van der Waals surface area contributed by atoms with Crippen LogP contribution in [0.25, 0.3) is 0 Å². The predicted octanol–water partition coefficient (Wildman–Crippen LogP) is 1.20. The summed E-state index contributed by atoms with van der Waals surface area (Å²) in [6, 6.07) is 5.56. The minimum atomic E-state index is 0.0455. The van der Waals surface area contributed by atoms with Gasteiger partial charge in [0.2, 0.25) is 0 Å². The van der Waals surface area contributed by atoms with Crippen molar-refractivity contribution in [3.63, 3.8) is 0 Å². The number of aromatic nitrogens is 1. The molecule has 2 N–H and O–H groups in total. The van der Waals surface area contributed by atoms with E-state index in [0.29, 0.717) is 11.6 Å². The molecule has 1 aromatic rings. The molecule has 0 aliphatic carbocycles. The van der Waals surface area contributed by atoms with Crippen LogP contribution >= 0.6 is 0 Å². The molecule has 0 radical (unpaired) electrons. The Balaban J connectivity index is 2.02. The van der Waals surface area contributed by atoms with Crippen LogP contribution in [0.3, 0.4) is 0 Å². The number of aryl methyl sites for hydroxylation is 1. The van der Waals surface area contributed by atoms with Crippen LogP contribution in [-0.4, -0.2) is 35.4 Å². The van der Waals surface area contributed by atoms with Crippen LogP contribution in [-0.2, 0) is 0 Å². The summed E-state index contributed by atoms with van der Waals surface area (Å²) in [6.45, 7) is 4.23. The van der Waals surface area contributed by atoms with Crippen molar-refractivity contribution in [3.8, 4) is 0 Å².